The maximum atomic E-state index is 6.16. The zero-order valence-corrected chi connectivity index (χ0v) is 12.5. The van der Waals surface area contributed by atoms with Gasteiger partial charge in [0.1, 0.15) is 0 Å². The molecule has 0 aliphatic heterocycles. The van der Waals surface area contributed by atoms with Crippen LogP contribution in [0.1, 0.15) is 24.2 Å². The summed E-state index contributed by atoms with van der Waals surface area (Å²) in [7, 11) is 0. The first-order chi connectivity index (χ1) is 10.3. The Morgan fingerprint density at radius 3 is 2.90 bits per heavy atom. The number of hydrogen-bond donors (Lipinski definition) is 1. The molecule has 0 radical (unpaired) electrons. The van der Waals surface area contributed by atoms with Crippen molar-refractivity contribution in [1.82, 2.24) is 15.3 Å². The van der Waals surface area contributed by atoms with Crippen molar-refractivity contribution in [3.8, 4) is 5.88 Å². The zero-order chi connectivity index (χ0) is 14.5. The second-order valence-corrected chi connectivity index (χ2v) is 5.56. The zero-order valence-electron chi connectivity index (χ0n) is 11.8. The summed E-state index contributed by atoms with van der Waals surface area (Å²) >= 11 is 6.16. The number of halogens is 1. The summed E-state index contributed by atoms with van der Waals surface area (Å²) in [4.78, 5) is 8.73. The fourth-order valence-corrected chi connectivity index (χ4v) is 2.18. The smallest absolute Gasteiger partial charge is 0.213 e. The minimum Gasteiger partial charge on any atom is -0.477 e. The van der Waals surface area contributed by atoms with Gasteiger partial charge >= 0.3 is 0 Å². The van der Waals surface area contributed by atoms with Gasteiger partial charge in [-0.3, -0.25) is 4.98 Å². The normalized spacial score (nSPS) is 14.1. The van der Waals surface area contributed by atoms with Gasteiger partial charge < -0.3 is 10.1 Å². The van der Waals surface area contributed by atoms with Crippen molar-refractivity contribution in [3.63, 3.8) is 0 Å². The molecule has 0 unspecified atom stereocenters. The summed E-state index contributed by atoms with van der Waals surface area (Å²) in [5.41, 5.74) is 1.86. The van der Waals surface area contributed by atoms with Gasteiger partial charge in [0.2, 0.25) is 5.88 Å². The van der Waals surface area contributed by atoms with Crippen molar-refractivity contribution < 1.29 is 4.74 Å². The molecule has 1 saturated carbocycles. The van der Waals surface area contributed by atoms with Crippen LogP contribution in [0.3, 0.4) is 0 Å². The lowest BCUT2D eigenvalue weighted by atomic mass is 10.3. The summed E-state index contributed by atoms with van der Waals surface area (Å²) < 4.78 is 5.69. The number of aromatic nitrogens is 2. The third kappa shape index (κ3) is 4.41. The summed E-state index contributed by atoms with van der Waals surface area (Å²) in [6.07, 6.45) is 5.05. The molecular formula is C16H18ClN3O. The molecule has 1 N–H and O–H groups in total. The van der Waals surface area contributed by atoms with E-state index < -0.39 is 0 Å². The fraction of sp³-hybridized carbons (Fsp3) is 0.375. The fourth-order valence-electron chi connectivity index (χ4n) is 2.00. The van der Waals surface area contributed by atoms with Gasteiger partial charge in [0, 0.05) is 37.0 Å². The summed E-state index contributed by atoms with van der Waals surface area (Å²) in [5, 5.41) is 4.09. The van der Waals surface area contributed by atoms with E-state index in [0.29, 0.717) is 30.1 Å². The molecule has 1 aliphatic rings. The standard InChI is InChI=1S/C16H18ClN3O/c17-14-6-7-16(20-15(14)11-19-13-4-5-13)21-10-8-12-3-1-2-9-18-12/h1-3,6-7,9,13,19H,4-5,8,10-11H2. The number of pyridine rings is 2. The Morgan fingerprint density at radius 1 is 1.24 bits per heavy atom. The van der Waals surface area contributed by atoms with Crippen molar-refractivity contribution in [2.75, 3.05) is 6.61 Å². The lowest BCUT2D eigenvalue weighted by molar-refractivity contribution is 0.307. The Morgan fingerprint density at radius 2 is 2.14 bits per heavy atom. The molecule has 1 fully saturated rings. The number of hydrogen-bond acceptors (Lipinski definition) is 4. The molecule has 110 valence electrons. The maximum Gasteiger partial charge on any atom is 0.213 e. The van der Waals surface area contributed by atoms with E-state index in [1.54, 1.807) is 12.3 Å². The van der Waals surface area contributed by atoms with Crippen molar-refractivity contribution in [1.29, 1.82) is 0 Å². The average Bonchev–Trinajstić information content (AvgIpc) is 3.33. The third-order valence-corrected chi connectivity index (χ3v) is 3.71. The van der Waals surface area contributed by atoms with Gasteiger partial charge in [-0.25, -0.2) is 4.98 Å². The van der Waals surface area contributed by atoms with E-state index in [-0.39, 0.29) is 0 Å². The number of nitrogens with one attached hydrogen (secondary N) is 1. The maximum absolute atomic E-state index is 6.16. The first kappa shape index (κ1) is 14.3. The van der Waals surface area contributed by atoms with Crippen LogP contribution < -0.4 is 10.1 Å². The van der Waals surface area contributed by atoms with Crippen LogP contribution in [0, 0.1) is 0 Å². The average molecular weight is 304 g/mol. The minimum absolute atomic E-state index is 0.557. The molecule has 2 aromatic rings. The van der Waals surface area contributed by atoms with Crippen molar-refractivity contribution in [3.05, 3.63) is 52.9 Å². The van der Waals surface area contributed by atoms with Crippen LogP contribution in [-0.4, -0.2) is 22.6 Å². The molecule has 0 bridgehead atoms. The summed E-state index contributed by atoms with van der Waals surface area (Å²) in [6, 6.07) is 10.2. The topological polar surface area (TPSA) is 47.0 Å². The first-order valence-electron chi connectivity index (χ1n) is 7.23. The van der Waals surface area contributed by atoms with E-state index in [2.05, 4.69) is 15.3 Å². The van der Waals surface area contributed by atoms with E-state index >= 15 is 0 Å². The second kappa shape index (κ2) is 6.87. The summed E-state index contributed by atoms with van der Waals surface area (Å²) in [5.74, 6) is 0.614. The lowest BCUT2D eigenvalue weighted by Crippen LogP contribution is -2.17. The largest absolute Gasteiger partial charge is 0.477 e. The van der Waals surface area contributed by atoms with Crippen LogP contribution in [0.5, 0.6) is 5.88 Å². The van der Waals surface area contributed by atoms with Gasteiger partial charge in [-0.2, -0.15) is 0 Å². The molecule has 0 amide bonds. The molecule has 2 heterocycles. The van der Waals surface area contributed by atoms with Crippen LogP contribution in [0.15, 0.2) is 36.5 Å². The molecular weight excluding hydrogens is 286 g/mol. The molecule has 0 spiro atoms. The lowest BCUT2D eigenvalue weighted by Gasteiger charge is -2.09. The minimum atomic E-state index is 0.557. The van der Waals surface area contributed by atoms with Gasteiger partial charge in [-0.1, -0.05) is 17.7 Å². The monoisotopic (exact) mass is 303 g/mol. The summed E-state index contributed by atoms with van der Waals surface area (Å²) in [6.45, 7) is 1.25. The van der Waals surface area contributed by atoms with Gasteiger partial charge in [0.25, 0.3) is 0 Å². The Labute approximate surface area is 129 Å². The van der Waals surface area contributed by atoms with Crippen LogP contribution >= 0.6 is 11.6 Å². The van der Waals surface area contributed by atoms with Gasteiger partial charge in [-0.15, -0.1) is 0 Å². The Bertz CT molecular complexity index is 587. The number of ether oxygens (including phenoxy) is 1. The predicted octanol–water partition coefficient (Wildman–Crippen LogP) is 3.00. The molecule has 0 atom stereocenters. The highest BCUT2D eigenvalue weighted by molar-refractivity contribution is 6.31. The predicted molar refractivity (Wildman–Crippen MR) is 82.5 cm³/mol. The Balaban J connectivity index is 1.53. The number of rotatable bonds is 7. The van der Waals surface area contributed by atoms with E-state index in [0.717, 1.165) is 17.8 Å². The molecule has 3 rings (SSSR count). The van der Waals surface area contributed by atoms with Crippen molar-refractivity contribution in [2.24, 2.45) is 0 Å². The van der Waals surface area contributed by atoms with Gasteiger partial charge in [0.15, 0.2) is 0 Å². The SMILES string of the molecule is Clc1ccc(OCCc2ccccn2)nc1CNC1CC1. The molecule has 1 aliphatic carbocycles. The van der Waals surface area contributed by atoms with E-state index in [4.69, 9.17) is 16.3 Å². The first-order valence-corrected chi connectivity index (χ1v) is 7.60. The Kier molecular flexibility index (Phi) is 4.68. The van der Waals surface area contributed by atoms with Gasteiger partial charge in [0.05, 0.1) is 17.3 Å². The third-order valence-electron chi connectivity index (χ3n) is 3.36. The van der Waals surface area contributed by atoms with Crippen LogP contribution in [0.25, 0.3) is 0 Å². The molecule has 0 saturated heterocycles. The quantitative estimate of drug-likeness (QED) is 0.854. The highest BCUT2D eigenvalue weighted by Gasteiger charge is 2.20. The molecule has 21 heavy (non-hydrogen) atoms. The van der Waals surface area contributed by atoms with E-state index in [1.165, 1.54) is 12.8 Å². The van der Waals surface area contributed by atoms with Crippen LogP contribution in [-0.2, 0) is 13.0 Å². The van der Waals surface area contributed by atoms with E-state index in [9.17, 15) is 0 Å². The van der Waals surface area contributed by atoms with Crippen molar-refractivity contribution >= 4 is 11.6 Å². The van der Waals surface area contributed by atoms with E-state index in [1.807, 2.05) is 24.3 Å². The molecule has 5 heteroatoms. The van der Waals surface area contributed by atoms with Crippen molar-refractivity contribution in [2.45, 2.75) is 31.8 Å². The van der Waals surface area contributed by atoms with Crippen LogP contribution in [0.2, 0.25) is 5.02 Å². The molecule has 0 aromatic carbocycles. The highest BCUT2D eigenvalue weighted by atomic mass is 35.5. The highest BCUT2D eigenvalue weighted by Crippen LogP contribution is 2.22. The second-order valence-electron chi connectivity index (χ2n) is 5.15. The molecule has 4 nitrogen and oxygen atoms in total. The van der Waals surface area contributed by atoms with Crippen LogP contribution in [0.4, 0.5) is 0 Å². The Hall–Kier alpha value is -1.65. The molecule has 2 aromatic heterocycles. The van der Waals surface area contributed by atoms with Gasteiger partial charge in [-0.05, 0) is 31.0 Å². The number of nitrogens with zero attached hydrogens (tertiary/aromatic N) is 2.